The molecule has 4 aromatic rings. The Morgan fingerprint density at radius 1 is 1.00 bits per heavy atom. The number of hydrogen-bond acceptors (Lipinski definition) is 6. The molecule has 0 unspecified atom stereocenters. The zero-order valence-corrected chi connectivity index (χ0v) is 16.7. The second-order valence-electron chi connectivity index (χ2n) is 6.09. The number of para-hydroxylation sites is 1. The maximum atomic E-state index is 6.33. The van der Waals surface area contributed by atoms with Crippen molar-refractivity contribution in [2.24, 2.45) is 0 Å². The molecule has 0 fully saturated rings. The van der Waals surface area contributed by atoms with Crippen LogP contribution in [0.15, 0.2) is 53.2 Å². The van der Waals surface area contributed by atoms with E-state index in [1.165, 1.54) is 0 Å². The molecular weight excluding hydrogens is 392 g/mol. The first-order chi connectivity index (χ1) is 14.2. The van der Waals surface area contributed by atoms with Gasteiger partial charge < -0.3 is 14.0 Å². The lowest BCUT2D eigenvalue weighted by atomic mass is 10.1. The summed E-state index contributed by atoms with van der Waals surface area (Å²) in [6.07, 6.45) is 1.64. The van der Waals surface area contributed by atoms with Crippen LogP contribution in [0.2, 0.25) is 5.02 Å². The van der Waals surface area contributed by atoms with Crippen molar-refractivity contribution in [2.45, 2.75) is 13.8 Å². The second-order valence-corrected chi connectivity index (χ2v) is 6.50. The van der Waals surface area contributed by atoms with Crippen LogP contribution in [0.3, 0.4) is 0 Å². The second kappa shape index (κ2) is 8.36. The first-order valence-corrected chi connectivity index (χ1v) is 9.61. The number of nitrogens with zero attached hydrogens (tertiary/aromatic N) is 3. The molecule has 2 aromatic heterocycles. The van der Waals surface area contributed by atoms with Crippen molar-refractivity contribution in [3.63, 3.8) is 0 Å². The van der Waals surface area contributed by atoms with Crippen LogP contribution in [-0.2, 0) is 0 Å². The third-order valence-corrected chi connectivity index (χ3v) is 4.54. The molecule has 4 rings (SSSR count). The fourth-order valence-corrected chi connectivity index (χ4v) is 3.21. The van der Waals surface area contributed by atoms with Gasteiger partial charge in [0.2, 0.25) is 5.82 Å². The molecular formula is C21H19ClN4O3. The van der Waals surface area contributed by atoms with Crippen LogP contribution in [-0.4, -0.2) is 33.6 Å². The number of H-pyrrole nitrogens is 1. The molecule has 0 bridgehead atoms. The molecule has 1 N–H and O–H groups in total. The fourth-order valence-electron chi connectivity index (χ4n) is 2.97. The molecule has 0 spiro atoms. The Balaban J connectivity index is 1.69. The van der Waals surface area contributed by atoms with Crippen LogP contribution in [0.1, 0.15) is 13.8 Å². The minimum absolute atomic E-state index is 0.347. The molecule has 0 aliphatic heterocycles. The Hall–Kier alpha value is -3.32. The first-order valence-electron chi connectivity index (χ1n) is 9.23. The molecule has 0 radical (unpaired) electrons. The van der Waals surface area contributed by atoms with Gasteiger partial charge in [-0.1, -0.05) is 28.9 Å². The lowest BCUT2D eigenvalue weighted by molar-refractivity contribution is 0.340. The van der Waals surface area contributed by atoms with Crippen LogP contribution >= 0.6 is 11.6 Å². The van der Waals surface area contributed by atoms with Crippen LogP contribution in [0.5, 0.6) is 11.5 Å². The highest BCUT2D eigenvalue weighted by Crippen LogP contribution is 2.35. The highest BCUT2D eigenvalue weighted by atomic mass is 35.5. The summed E-state index contributed by atoms with van der Waals surface area (Å²) in [5.74, 6) is 2.13. The number of ether oxygens (including phenoxy) is 2. The molecule has 0 saturated carbocycles. The third-order valence-electron chi connectivity index (χ3n) is 4.24. The predicted molar refractivity (Wildman–Crippen MR) is 110 cm³/mol. The largest absolute Gasteiger partial charge is 0.493 e. The quantitative estimate of drug-likeness (QED) is 0.448. The molecule has 0 amide bonds. The molecule has 2 aromatic carbocycles. The van der Waals surface area contributed by atoms with E-state index in [9.17, 15) is 0 Å². The highest BCUT2D eigenvalue weighted by Gasteiger charge is 2.19. The minimum Gasteiger partial charge on any atom is -0.493 e. The standard InChI is InChI=1S/C21H19ClN4O3/c1-3-27-17-8-6-5-7-14(17)20-24-21(29-26-20)15-12-23-25-19(15)13-9-10-18(28-4-2)16(22)11-13/h5-12H,3-4H2,1-2H3,(H,23,25). The predicted octanol–water partition coefficient (Wildman–Crippen LogP) is 5.24. The molecule has 148 valence electrons. The van der Waals surface area contributed by atoms with Crippen molar-refractivity contribution in [2.75, 3.05) is 13.2 Å². The Bertz CT molecular complexity index is 1120. The molecule has 0 atom stereocenters. The lowest BCUT2D eigenvalue weighted by Crippen LogP contribution is -1.94. The van der Waals surface area contributed by atoms with Crippen molar-refractivity contribution in [3.8, 4) is 45.6 Å². The van der Waals surface area contributed by atoms with Crippen LogP contribution < -0.4 is 9.47 Å². The number of aromatic nitrogens is 4. The number of hydrogen-bond donors (Lipinski definition) is 1. The van der Waals surface area contributed by atoms with E-state index in [0.717, 1.165) is 16.8 Å². The van der Waals surface area contributed by atoms with E-state index in [1.54, 1.807) is 6.20 Å². The number of benzene rings is 2. The fraction of sp³-hybridized carbons (Fsp3) is 0.190. The van der Waals surface area contributed by atoms with Gasteiger partial charge in [-0.25, -0.2) is 0 Å². The summed E-state index contributed by atoms with van der Waals surface area (Å²) in [4.78, 5) is 4.55. The van der Waals surface area contributed by atoms with E-state index >= 15 is 0 Å². The summed E-state index contributed by atoms with van der Waals surface area (Å²) in [5, 5.41) is 11.8. The number of aromatic amines is 1. The van der Waals surface area contributed by atoms with Gasteiger partial charge in [-0.15, -0.1) is 0 Å². The van der Waals surface area contributed by atoms with Gasteiger partial charge in [-0.05, 0) is 44.2 Å². The Labute approximate surface area is 172 Å². The Morgan fingerprint density at radius 3 is 2.59 bits per heavy atom. The van der Waals surface area contributed by atoms with Crippen molar-refractivity contribution in [3.05, 3.63) is 53.7 Å². The average molecular weight is 411 g/mol. The molecule has 7 nitrogen and oxygen atoms in total. The van der Waals surface area contributed by atoms with E-state index < -0.39 is 0 Å². The van der Waals surface area contributed by atoms with E-state index in [-0.39, 0.29) is 0 Å². The van der Waals surface area contributed by atoms with Gasteiger partial charge in [-0.3, -0.25) is 5.10 Å². The third kappa shape index (κ3) is 3.82. The number of nitrogens with one attached hydrogen (secondary N) is 1. The normalized spacial score (nSPS) is 10.9. The maximum absolute atomic E-state index is 6.33. The SMILES string of the molecule is CCOc1ccc(-c2[nH]ncc2-c2nc(-c3ccccc3OCC)no2)cc1Cl. The lowest BCUT2D eigenvalue weighted by Gasteiger charge is -2.07. The van der Waals surface area contributed by atoms with Gasteiger partial charge >= 0.3 is 0 Å². The molecule has 0 aliphatic carbocycles. The molecule has 8 heteroatoms. The highest BCUT2D eigenvalue weighted by molar-refractivity contribution is 6.32. The topological polar surface area (TPSA) is 86.1 Å². The van der Waals surface area contributed by atoms with Crippen LogP contribution in [0.25, 0.3) is 34.1 Å². The van der Waals surface area contributed by atoms with E-state index in [4.69, 9.17) is 25.6 Å². The van der Waals surface area contributed by atoms with Crippen molar-refractivity contribution >= 4 is 11.6 Å². The minimum atomic E-state index is 0.347. The van der Waals surface area contributed by atoms with Crippen molar-refractivity contribution in [1.29, 1.82) is 0 Å². The number of halogens is 1. The summed E-state index contributed by atoms with van der Waals surface area (Å²) in [6, 6.07) is 13.1. The zero-order valence-electron chi connectivity index (χ0n) is 16.0. The van der Waals surface area contributed by atoms with Gasteiger partial charge in [0, 0.05) is 5.56 Å². The van der Waals surface area contributed by atoms with Gasteiger partial charge in [0.1, 0.15) is 11.5 Å². The Kier molecular flexibility index (Phi) is 5.48. The van der Waals surface area contributed by atoms with Crippen molar-refractivity contribution < 1.29 is 14.0 Å². The van der Waals surface area contributed by atoms with E-state index in [0.29, 0.717) is 47.0 Å². The van der Waals surface area contributed by atoms with Crippen LogP contribution in [0, 0.1) is 0 Å². The summed E-state index contributed by atoms with van der Waals surface area (Å²) in [6.45, 7) is 4.93. The smallest absolute Gasteiger partial charge is 0.262 e. The molecule has 2 heterocycles. The zero-order chi connectivity index (χ0) is 20.2. The number of rotatable bonds is 7. The summed E-state index contributed by atoms with van der Waals surface area (Å²) >= 11 is 6.33. The summed E-state index contributed by atoms with van der Waals surface area (Å²) < 4.78 is 16.7. The summed E-state index contributed by atoms with van der Waals surface area (Å²) in [5.41, 5.74) is 3.00. The van der Waals surface area contributed by atoms with Crippen molar-refractivity contribution in [1.82, 2.24) is 20.3 Å². The summed E-state index contributed by atoms with van der Waals surface area (Å²) in [7, 11) is 0. The van der Waals surface area contributed by atoms with E-state index in [1.807, 2.05) is 56.3 Å². The Morgan fingerprint density at radius 2 is 1.79 bits per heavy atom. The first kappa shape index (κ1) is 19.0. The average Bonchev–Trinajstić information content (AvgIpc) is 3.39. The van der Waals surface area contributed by atoms with E-state index in [2.05, 4.69) is 20.3 Å². The monoisotopic (exact) mass is 410 g/mol. The van der Waals surface area contributed by atoms with Gasteiger partial charge in [0.15, 0.2) is 0 Å². The molecule has 29 heavy (non-hydrogen) atoms. The maximum Gasteiger partial charge on any atom is 0.262 e. The molecule has 0 aliphatic rings. The van der Waals surface area contributed by atoms with Crippen LogP contribution in [0.4, 0.5) is 0 Å². The van der Waals surface area contributed by atoms with Gasteiger partial charge in [-0.2, -0.15) is 10.1 Å². The van der Waals surface area contributed by atoms with Gasteiger partial charge in [0.25, 0.3) is 5.89 Å². The van der Waals surface area contributed by atoms with Gasteiger partial charge in [0.05, 0.1) is 41.3 Å². The molecule has 0 saturated heterocycles.